The minimum Gasteiger partial charge on any atom is -0.493 e. The minimum atomic E-state index is -0.662. The Balaban J connectivity index is 1.21. The maximum atomic E-state index is 13.4. The molecule has 0 radical (unpaired) electrons. The van der Waals surface area contributed by atoms with Crippen LogP contribution in [0.4, 0.5) is 5.69 Å². The molecule has 2 aliphatic heterocycles. The zero-order chi connectivity index (χ0) is 26.4. The van der Waals surface area contributed by atoms with Crippen molar-refractivity contribution in [1.29, 1.82) is 0 Å². The summed E-state index contributed by atoms with van der Waals surface area (Å²) >= 11 is 0. The minimum absolute atomic E-state index is 0.133. The number of hydrogen-bond acceptors (Lipinski definition) is 6. The van der Waals surface area contributed by atoms with Gasteiger partial charge in [0.2, 0.25) is 0 Å². The first-order valence-corrected chi connectivity index (χ1v) is 12.5. The van der Waals surface area contributed by atoms with Crippen LogP contribution in [-0.4, -0.2) is 41.9 Å². The van der Waals surface area contributed by atoms with Crippen LogP contribution in [0.15, 0.2) is 60.7 Å². The van der Waals surface area contributed by atoms with E-state index in [1.54, 1.807) is 48.4 Å². The van der Waals surface area contributed by atoms with Gasteiger partial charge in [0.1, 0.15) is 0 Å². The second-order valence-corrected chi connectivity index (χ2v) is 9.55. The molecule has 2 heterocycles. The van der Waals surface area contributed by atoms with Gasteiger partial charge in [-0.05, 0) is 67.6 Å². The van der Waals surface area contributed by atoms with E-state index < -0.39 is 17.7 Å². The Bertz CT molecular complexity index is 1460. The average molecular weight is 512 g/mol. The highest BCUT2D eigenvalue weighted by atomic mass is 16.5. The maximum Gasteiger partial charge on any atom is 0.280 e. The summed E-state index contributed by atoms with van der Waals surface area (Å²) in [5, 5.41) is 0.706. The van der Waals surface area contributed by atoms with Crippen LogP contribution in [0.2, 0.25) is 0 Å². The molecule has 0 bridgehead atoms. The Morgan fingerprint density at radius 3 is 2.24 bits per heavy atom. The molecule has 0 atom stereocenters. The van der Waals surface area contributed by atoms with Crippen LogP contribution in [0.5, 0.6) is 11.5 Å². The Kier molecular flexibility index (Phi) is 5.83. The van der Waals surface area contributed by atoms with E-state index in [0.29, 0.717) is 34.3 Å². The van der Waals surface area contributed by atoms with Crippen molar-refractivity contribution >= 4 is 29.3 Å². The van der Waals surface area contributed by atoms with E-state index in [1.165, 1.54) is 18.2 Å². The lowest BCUT2D eigenvalue weighted by Gasteiger charge is -2.20. The molecular weight excluding hydrogens is 486 g/mol. The number of hydrogen-bond donors (Lipinski definition) is 1. The highest BCUT2D eigenvalue weighted by Gasteiger charge is 2.37. The number of nitrogens with one attached hydrogen (secondary N) is 1. The molecular formula is C29H25N3O6. The zero-order valence-electron chi connectivity index (χ0n) is 20.7. The SMILES string of the molecule is COc1ccc(N2Cc3ccc(C(=O)NN4C(=O)c5ccccc5C4=O)cc3C2=O)cc1OC1CCCC1. The monoisotopic (exact) mass is 511 g/mol. The van der Waals surface area contributed by atoms with Crippen LogP contribution in [0, 0.1) is 0 Å². The molecule has 0 spiro atoms. The predicted octanol–water partition coefficient (Wildman–Crippen LogP) is 4.12. The Hall–Kier alpha value is -4.66. The third kappa shape index (κ3) is 3.96. The number of nitrogens with zero attached hydrogens (tertiary/aromatic N) is 2. The molecule has 1 aliphatic carbocycles. The summed E-state index contributed by atoms with van der Waals surface area (Å²) in [5.41, 5.74) is 4.82. The smallest absolute Gasteiger partial charge is 0.280 e. The van der Waals surface area contributed by atoms with Gasteiger partial charge in [0.15, 0.2) is 11.5 Å². The van der Waals surface area contributed by atoms with Gasteiger partial charge in [0, 0.05) is 22.9 Å². The maximum absolute atomic E-state index is 13.4. The van der Waals surface area contributed by atoms with Crippen LogP contribution >= 0.6 is 0 Å². The lowest BCUT2D eigenvalue weighted by Crippen LogP contribution is -2.45. The van der Waals surface area contributed by atoms with E-state index in [2.05, 4.69) is 5.43 Å². The Labute approximate surface area is 218 Å². The van der Waals surface area contributed by atoms with Gasteiger partial charge in [-0.2, -0.15) is 5.01 Å². The van der Waals surface area contributed by atoms with Crippen molar-refractivity contribution < 1.29 is 28.7 Å². The summed E-state index contributed by atoms with van der Waals surface area (Å²) in [4.78, 5) is 53.2. The molecule has 4 amide bonds. The van der Waals surface area contributed by atoms with Crippen molar-refractivity contribution in [2.75, 3.05) is 12.0 Å². The molecule has 1 saturated carbocycles. The second kappa shape index (κ2) is 9.33. The fourth-order valence-corrected chi connectivity index (χ4v) is 5.22. The van der Waals surface area contributed by atoms with E-state index in [-0.39, 0.29) is 28.7 Å². The third-order valence-electron chi connectivity index (χ3n) is 7.24. The topological polar surface area (TPSA) is 105 Å². The van der Waals surface area contributed by atoms with Gasteiger partial charge < -0.3 is 14.4 Å². The third-order valence-corrected chi connectivity index (χ3v) is 7.24. The summed E-state index contributed by atoms with van der Waals surface area (Å²) < 4.78 is 11.7. The average Bonchev–Trinajstić information content (AvgIpc) is 3.63. The second-order valence-electron chi connectivity index (χ2n) is 9.55. The Morgan fingerprint density at radius 2 is 1.55 bits per heavy atom. The molecule has 0 aromatic heterocycles. The quantitative estimate of drug-likeness (QED) is 0.499. The van der Waals surface area contributed by atoms with Crippen molar-refractivity contribution in [2.24, 2.45) is 0 Å². The van der Waals surface area contributed by atoms with E-state index in [4.69, 9.17) is 9.47 Å². The number of ether oxygens (including phenoxy) is 2. The Morgan fingerprint density at radius 1 is 0.842 bits per heavy atom. The van der Waals surface area contributed by atoms with Crippen molar-refractivity contribution in [3.63, 3.8) is 0 Å². The predicted molar refractivity (Wildman–Crippen MR) is 137 cm³/mol. The van der Waals surface area contributed by atoms with Gasteiger partial charge in [0.25, 0.3) is 23.6 Å². The van der Waals surface area contributed by atoms with Gasteiger partial charge in [-0.3, -0.25) is 24.6 Å². The number of benzene rings is 3. The molecule has 1 N–H and O–H groups in total. The molecule has 38 heavy (non-hydrogen) atoms. The summed E-state index contributed by atoms with van der Waals surface area (Å²) in [6, 6.07) is 16.6. The van der Waals surface area contributed by atoms with Gasteiger partial charge in [-0.15, -0.1) is 0 Å². The first-order valence-electron chi connectivity index (χ1n) is 12.5. The molecule has 3 aliphatic rings. The van der Waals surface area contributed by atoms with Crippen molar-refractivity contribution in [2.45, 2.75) is 38.3 Å². The lowest BCUT2D eigenvalue weighted by atomic mass is 10.1. The summed E-state index contributed by atoms with van der Waals surface area (Å²) in [6.45, 7) is 0.337. The van der Waals surface area contributed by atoms with Crippen molar-refractivity contribution in [3.8, 4) is 11.5 Å². The van der Waals surface area contributed by atoms with Crippen LogP contribution in [0.3, 0.4) is 0 Å². The molecule has 192 valence electrons. The van der Waals surface area contributed by atoms with Gasteiger partial charge >= 0.3 is 0 Å². The van der Waals surface area contributed by atoms with E-state index in [1.807, 2.05) is 6.07 Å². The van der Waals surface area contributed by atoms with Crippen LogP contribution in [0.25, 0.3) is 0 Å². The van der Waals surface area contributed by atoms with Crippen LogP contribution in [-0.2, 0) is 6.54 Å². The largest absolute Gasteiger partial charge is 0.493 e. The fourth-order valence-electron chi connectivity index (χ4n) is 5.22. The normalized spacial score (nSPS) is 16.6. The number of methoxy groups -OCH3 is 1. The zero-order valence-corrected chi connectivity index (χ0v) is 20.7. The number of carbonyl (C=O) groups excluding carboxylic acids is 4. The number of rotatable bonds is 6. The fraction of sp³-hybridized carbons (Fsp3) is 0.241. The molecule has 1 fully saturated rings. The van der Waals surface area contributed by atoms with Gasteiger partial charge in [0.05, 0.1) is 30.9 Å². The first-order chi connectivity index (χ1) is 18.4. The molecule has 3 aromatic rings. The van der Waals surface area contributed by atoms with Gasteiger partial charge in [-0.1, -0.05) is 18.2 Å². The summed E-state index contributed by atoms with van der Waals surface area (Å²) in [7, 11) is 1.59. The number of fused-ring (bicyclic) bond motifs is 2. The molecule has 9 heteroatoms. The summed E-state index contributed by atoms with van der Waals surface area (Å²) in [6.07, 6.45) is 4.39. The number of hydrazine groups is 1. The number of anilines is 1. The molecule has 6 rings (SSSR count). The standard InChI is InChI=1S/C29H25N3O6/c1-37-24-13-12-19(15-25(24)38-20-6-2-3-7-20)31-16-18-11-10-17(14-23(18)27(31)34)26(33)30-32-28(35)21-8-4-5-9-22(21)29(32)36/h4-5,8-15,20H,2-3,6-7,16H2,1H3,(H,30,33). The van der Waals surface area contributed by atoms with Crippen LogP contribution in [0.1, 0.15) is 72.7 Å². The van der Waals surface area contributed by atoms with E-state index >= 15 is 0 Å². The number of amides is 4. The van der Waals surface area contributed by atoms with Crippen molar-refractivity contribution in [3.05, 3.63) is 88.5 Å². The van der Waals surface area contributed by atoms with Crippen molar-refractivity contribution in [1.82, 2.24) is 10.4 Å². The summed E-state index contributed by atoms with van der Waals surface area (Å²) in [5.74, 6) is -0.911. The molecule has 3 aromatic carbocycles. The molecule has 0 saturated heterocycles. The van der Waals surface area contributed by atoms with Gasteiger partial charge in [-0.25, -0.2) is 0 Å². The lowest BCUT2D eigenvalue weighted by molar-refractivity contribution is 0.0518. The first kappa shape index (κ1) is 23.7. The highest BCUT2D eigenvalue weighted by Crippen LogP contribution is 2.37. The van der Waals surface area contributed by atoms with E-state index in [0.717, 1.165) is 31.2 Å². The van der Waals surface area contributed by atoms with E-state index in [9.17, 15) is 19.2 Å². The molecule has 9 nitrogen and oxygen atoms in total. The highest BCUT2D eigenvalue weighted by molar-refractivity contribution is 6.22. The van der Waals surface area contributed by atoms with Crippen LogP contribution < -0.4 is 19.8 Å². The molecule has 0 unspecified atom stereocenters. The number of carbonyl (C=O) groups is 4. The number of imide groups is 1.